The molecule has 2 aromatic heterocycles. The van der Waals surface area contributed by atoms with E-state index in [0.29, 0.717) is 43.3 Å². The van der Waals surface area contributed by atoms with Gasteiger partial charge >= 0.3 is 0 Å². The van der Waals surface area contributed by atoms with Crippen molar-refractivity contribution < 1.29 is 19.0 Å². The number of aryl methyl sites for hydroxylation is 1. The molecule has 0 aliphatic heterocycles. The number of hydrogen-bond donors (Lipinski definition) is 1. The summed E-state index contributed by atoms with van der Waals surface area (Å²) < 4.78 is 17.9. The molecule has 3 aromatic rings. The highest BCUT2D eigenvalue weighted by atomic mass is 16.5. The molecule has 0 spiro atoms. The van der Waals surface area contributed by atoms with Gasteiger partial charge in [0.15, 0.2) is 11.5 Å². The van der Waals surface area contributed by atoms with Crippen LogP contribution >= 0.6 is 0 Å². The van der Waals surface area contributed by atoms with Crippen molar-refractivity contribution in [2.24, 2.45) is 0 Å². The van der Waals surface area contributed by atoms with E-state index in [2.05, 4.69) is 10.3 Å². The lowest BCUT2D eigenvalue weighted by molar-refractivity contribution is -0.117. The second-order valence-electron chi connectivity index (χ2n) is 7.25. The zero-order valence-corrected chi connectivity index (χ0v) is 19.3. The Labute approximate surface area is 197 Å². The Bertz CT molecular complexity index is 1310. The standard InChI is InChI=1S/C25H26N4O5/c1-4-33-14-8-12-27-23(30)18(16-26)15-19-24(34-21-11-6-5-10-20(21)32-3)28-22-17(2)9-7-13-29(22)25(19)31/h5-7,9-11,13,15H,4,8,12,14H2,1-3H3,(H,27,30)/b18-15+. The summed E-state index contributed by atoms with van der Waals surface area (Å²) in [6.45, 7) is 5.12. The van der Waals surface area contributed by atoms with Crippen LogP contribution in [0, 0.1) is 18.3 Å². The molecule has 0 fully saturated rings. The number of para-hydroxylation sites is 2. The number of pyridine rings is 1. The monoisotopic (exact) mass is 462 g/mol. The highest BCUT2D eigenvalue weighted by Crippen LogP contribution is 2.32. The van der Waals surface area contributed by atoms with Crippen molar-refractivity contribution in [3.63, 3.8) is 0 Å². The number of nitrogens with zero attached hydrogens (tertiary/aromatic N) is 3. The molecule has 0 radical (unpaired) electrons. The van der Waals surface area contributed by atoms with E-state index in [1.165, 1.54) is 17.6 Å². The molecular formula is C25H26N4O5. The lowest BCUT2D eigenvalue weighted by atomic mass is 10.1. The van der Waals surface area contributed by atoms with Crippen LogP contribution in [0.3, 0.4) is 0 Å². The molecule has 1 amide bonds. The maximum atomic E-state index is 13.4. The van der Waals surface area contributed by atoms with Gasteiger partial charge in [0.25, 0.3) is 11.5 Å². The fraction of sp³-hybridized carbons (Fsp3) is 0.280. The van der Waals surface area contributed by atoms with Gasteiger partial charge in [-0.2, -0.15) is 10.2 Å². The number of aromatic nitrogens is 2. The Kier molecular flexibility index (Phi) is 8.37. The summed E-state index contributed by atoms with van der Waals surface area (Å²) >= 11 is 0. The number of carbonyl (C=O) groups excluding carboxylic acids is 1. The zero-order chi connectivity index (χ0) is 24.5. The van der Waals surface area contributed by atoms with Crippen LogP contribution in [-0.2, 0) is 9.53 Å². The van der Waals surface area contributed by atoms with E-state index >= 15 is 0 Å². The van der Waals surface area contributed by atoms with Crippen LogP contribution in [0.5, 0.6) is 17.4 Å². The first-order valence-electron chi connectivity index (χ1n) is 10.8. The van der Waals surface area contributed by atoms with E-state index in [0.717, 1.165) is 5.56 Å². The molecule has 0 bridgehead atoms. The highest BCUT2D eigenvalue weighted by molar-refractivity contribution is 6.01. The minimum absolute atomic E-state index is 0.0324. The van der Waals surface area contributed by atoms with E-state index in [-0.39, 0.29) is 17.0 Å². The summed E-state index contributed by atoms with van der Waals surface area (Å²) in [5, 5.41) is 12.3. The summed E-state index contributed by atoms with van der Waals surface area (Å²) in [5.41, 5.74) is 0.402. The molecule has 176 valence electrons. The lowest BCUT2D eigenvalue weighted by Gasteiger charge is -2.13. The Morgan fingerprint density at radius 1 is 1.24 bits per heavy atom. The van der Waals surface area contributed by atoms with E-state index < -0.39 is 11.5 Å². The van der Waals surface area contributed by atoms with Gasteiger partial charge in [0, 0.05) is 26.0 Å². The summed E-state index contributed by atoms with van der Waals surface area (Å²) in [6, 6.07) is 12.3. The molecule has 0 atom stereocenters. The number of methoxy groups -OCH3 is 1. The van der Waals surface area contributed by atoms with Crippen molar-refractivity contribution >= 4 is 17.6 Å². The van der Waals surface area contributed by atoms with E-state index in [1.807, 2.05) is 26.0 Å². The van der Waals surface area contributed by atoms with Crippen LogP contribution in [-0.4, -0.2) is 42.2 Å². The van der Waals surface area contributed by atoms with Crippen LogP contribution in [0.15, 0.2) is 53.0 Å². The van der Waals surface area contributed by atoms with Crippen molar-refractivity contribution in [1.82, 2.24) is 14.7 Å². The molecule has 9 nitrogen and oxygen atoms in total. The van der Waals surface area contributed by atoms with Gasteiger partial charge in [0.1, 0.15) is 22.9 Å². The van der Waals surface area contributed by atoms with Crippen LogP contribution in [0.4, 0.5) is 0 Å². The fourth-order valence-corrected chi connectivity index (χ4v) is 3.21. The quantitative estimate of drug-likeness (QED) is 0.279. The Morgan fingerprint density at radius 3 is 2.71 bits per heavy atom. The van der Waals surface area contributed by atoms with Crippen LogP contribution in [0.2, 0.25) is 0 Å². The van der Waals surface area contributed by atoms with Gasteiger partial charge < -0.3 is 19.5 Å². The third-order valence-electron chi connectivity index (χ3n) is 4.93. The Morgan fingerprint density at radius 2 is 2.00 bits per heavy atom. The summed E-state index contributed by atoms with van der Waals surface area (Å²) in [6.07, 6.45) is 3.37. The summed E-state index contributed by atoms with van der Waals surface area (Å²) in [4.78, 5) is 30.5. The number of hydrogen-bond acceptors (Lipinski definition) is 7. The van der Waals surface area contributed by atoms with Crippen molar-refractivity contribution in [2.75, 3.05) is 26.9 Å². The minimum Gasteiger partial charge on any atom is -0.493 e. The van der Waals surface area contributed by atoms with E-state index in [4.69, 9.17) is 14.2 Å². The SMILES string of the molecule is CCOCCCNC(=O)/C(C#N)=C/c1c(Oc2ccccc2OC)nc2c(C)cccn2c1=O. The Hall–Kier alpha value is -4.16. The van der Waals surface area contributed by atoms with Crippen LogP contribution < -0.4 is 20.3 Å². The van der Waals surface area contributed by atoms with E-state index in [1.54, 1.807) is 36.5 Å². The van der Waals surface area contributed by atoms with Gasteiger partial charge in [0.05, 0.1) is 7.11 Å². The Balaban J connectivity index is 2.06. The molecule has 0 saturated heterocycles. The minimum atomic E-state index is -0.601. The molecule has 9 heteroatoms. The number of amides is 1. The van der Waals surface area contributed by atoms with Gasteiger partial charge in [0.2, 0.25) is 5.88 Å². The van der Waals surface area contributed by atoms with Crippen molar-refractivity contribution in [2.45, 2.75) is 20.3 Å². The maximum absolute atomic E-state index is 13.4. The molecule has 1 aromatic carbocycles. The molecule has 0 aliphatic rings. The number of benzene rings is 1. The number of rotatable bonds is 10. The molecule has 0 aliphatic carbocycles. The zero-order valence-electron chi connectivity index (χ0n) is 19.3. The van der Waals surface area contributed by atoms with E-state index in [9.17, 15) is 14.9 Å². The number of fused-ring (bicyclic) bond motifs is 1. The molecular weight excluding hydrogens is 436 g/mol. The molecule has 0 unspecified atom stereocenters. The summed E-state index contributed by atoms with van der Waals surface area (Å²) in [7, 11) is 1.50. The van der Waals surface area contributed by atoms with Gasteiger partial charge in [-0.05, 0) is 50.1 Å². The molecule has 0 saturated carbocycles. The molecule has 34 heavy (non-hydrogen) atoms. The second kappa shape index (κ2) is 11.6. The number of carbonyl (C=O) groups is 1. The third kappa shape index (κ3) is 5.60. The largest absolute Gasteiger partial charge is 0.493 e. The van der Waals surface area contributed by atoms with Crippen LogP contribution in [0.25, 0.3) is 11.7 Å². The van der Waals surface area contributed by atoms with Gasteiger partial charge in [-0.1, -0.05) is 18.2 Å². The number of ether oxygens (including phenoxy) is 3. The first kappa shape index (κ1) is 24.5. The molecule has 1 N–H and O–H groups in total. The highest BCUT2D eigenvalue weighted by Gasteiger charge is 2.19. The first-order chi connectivity index (χ1) is 16.5. The topological polar surface area (TPSA) is 115 Å². The summed E-state index contributed by atoms with van der Waals surface area (Å²) in [5.74, 6) is 0.136. The number of nitrogens with one attached hydrogen (secondary N) is 1. The van der Waals surface area contributed by atoms with Gasteiger partial charge in [-0.25, -0.2) is 0 Å². The van der Waals surface area contributed by atoms with Crippen LogP contribution in [0.1, 0.15) is 24.5 Å². The average molecular weight is 463 g/mol. The average Bonchev–Trinajstić information content (AvgIpc) is 2.84. The van der Waals surface area contributed by atoms with Gasteiger partial charge in [-0.3, -0.25) is 14.0 Å². The first-order valence-corrected chi connectivity index (χ1v) is 10.8. The third-order valence-corrected chi connectivity index (χ3v) is 4.93. The van der Waals surface area contributed by atoms with Crippen molar-refractivity contribution in [1.29, 1.82) is 5.26 Å². The molecule has 3 rings (SSSR count). The predicted octanol–water partition coefficient (Wildman–Crippen LogP) is 3.25. The smallest absolute Gasteiger partial charge is 0.269 e. The fourth-order valence-electron chi connectivity index (χ4n) is 3.21. The lowest BCUT2D eigenvalue weighted by Crippen LogP contribution is -2.27. The normalized spacial score (nSPS) is 11.2. The van der Waals surface area contributed by atoms with Gasteiger partial charge in [-0.15, -0.1) is 0 Å². The van der Waals surface area contributed by atoms with Crippen molar-refractivity contribution in [3.05, 3.63) is 69.6 Å². The maximum Gasteiger partial charge on any atom is 0.269 e. The molecule has 2 heterocycles. The number of nitriles is 1. The van der Waals surface area contributed by atoms with Crippen molar-refractivity contribution in [3.8, 4) is 23.4 Å². The second-order valence-corrected chi connectivity index (χ2v) is 7.25. The predicted molar refractivity (Wildman–Crippen MR) is 127 cm³/mol.